The third-order valence-electron chi connectivity index (χ3n) is 6.98. The predicted octanol–water partition coefficient (Wildman–Crippen LogP) is 5.58. The van der Waals surface area contributed by atoms with Gasteiger partial charge in [-0.1, -0.05) is 54.1 Å². The highest BCUT2D eigenvalue weighted by Crippen LogP contribution is 2.43. The molecule has 4 aromatic rings. The Kier molecular flexibility index (Phi) is 5.07. The number of hydrogen-bond donors (Lipinski definition) is 1. The predicted molar refractivity (Wildman–Crippen MR) is 131 cm³/mol. The standard InChI is InChI=1S/C26H24ClFN4O/c1-33-26-30-24-20(25(31-26)32-16-9-10-17(32)14-29-12-11-16)13-21(27)22(23(24)28)19-8-4-6-15-5-2-3-7-18(15)19/h2-8,13,16-17,29H,9-12,14H2,1H3. The number of aromatic nitrogens is 2. The summed E-state index contributed by atoms with van der Waals surface area (Å²) < 4.78 is 21.6. The first-order valence-corrected chi connectivity index (χ1v) is 11.7. The zero-order valence-electron chi connectivity index (χ0n) is 18.3. The summed E-state index contributed by atoms with van der Waals surface area (Å²) in [5, 5.41) is 6.46. The quantitative estimate of drug-likeness (QED) is 0.430. The van der Waals surface area contributed by atoms with Gasteiger partial charge in [-0.15, -0.1) is 0 Å². The van der Waals surface area contributed by atoms with Crippen molar-refractivity contribution in [1.29, 1.82) is 0 Å². The fourth-order valence-corrected chi connectivity index (χ4v) is 5.76. The molecule has 7 heteroatoms. The molecule has 2 fully saturated rings. The second-order valence-corrected chi connectivity index (χ2v) is 9.20. The van der Waals surface area contributed by atoms with Gasteiger partial charge in [0.25, 0.3) is 0 Å². The lowest BCUT2D eigenvalue weighted by Crippen LogP contribution is -2.38. The molecule has 2 unspecified atom stereocenters. The molecule has 0 radical (unpaired) electrons. The van der Waals surface area contributed by atoms with E-state index in [1.165, 1.54) is 7.11 Å². The van der Waals surface area contributed by atoms with Crippen molar-refractivity contribution < 1.29 is 9.13 Å². The van der Waals surface area contributed by atoms with E-state index in [4.69, 9.17) is 21.3 Å². The van der Waals surface area contributed by atoms with Crippen molar-refractivity contribution in [3.05, 3.63) is 59.4 Å². The summed E-state index contributed by atoms with van der Waals surface area (Å²) in [5.41, 5.74) is 1.34. The third-order valence-corrected chi connectivity index (χ3v) is 7.28. The van der Waals surface area contributed by atoms with Crippen LogP contribution in [0, 0.1) is 5.82 Å². The molecular weight excluding hydrogens is 439 g/mol. The lowest BCUT2D eigenvalue weighted by atomic mass is 9.96. The summed E-state index contributed by atoms with van der Waals surface area (Å²) in [6.07, 6.45) is 3.20. The van der Waals surface area contributed by atoms with Gasteiger partial charge in [-0.2, -0.15) is 9.97 Å². The molecular formula is C26H24ClFN4O. The van der Waals surface area contributed by atoms with Crippen molar-refractivity contribution in [3.8, 4) is 17.1 Å². The number of ether oxygens (including phenoxy) is 1. The van der Waals surface area contributed by atoms with Crippen molar-refractivity contribution >= 4 is 39.1 Å². The molecule has 0 amide bonds. The fourth-order valence-electron chi connectivity index (χ4n) is 5.47. The molecule has 2 saturated heterocycles. The van der Waals surface area contributed by atoms with Gasteiger partial charge in [0, 0.05) is 29.6 Å². The Hall–Kier alpha value is -2.96. The van der Waals surface area contributed by atoms with Gasteiger partial charge < -0.3 is 15.0 Å². The Morgan fingerprint density at radius 1 is 1.03 bits per heavy atom. The fraction of sp³-hybridized carbons (Fsp3) is 0.308. The van der Waals surface area contributed by atoms with Crippen LogP contribution >= 0.6 is 11.6 Å². The van der Waals surface area contributed by atoms with Crippen LogP contribution in [0.1, 0.15) is 19.3 Å². The van der Waals surface area contributed by atoms with Gasteiger partial charge in [0.15, 0.2) is 5.82 Å². The van der Waals surface area contributed by atoms with Gasteiger partial charge in [0.1, 0.15) is 11.3 Å². The number of fused-ring (bicyclic) bond motifs is 4. The minimum Gasteiger partial charge on any atom is -0.467 e. The van der Waals surface area contributed by atoms with Gasteiger partial charge in [-0.3, -0.25) is 0 Å². The molecule has 0 aliphatic carbocycles. The second kappa shape index (κ2) is 8.12. The van der Waals surface area contributed by atoms with E-state index in [0.717, 1.165) is 48.7 Å². The van der Waals surface area contributed by atoms with E-state index in [2.05, 4.69) is 15.2 Å². The number of halogens is 2. The molecule has 168 valence electrons. The number of nitrogens with zero attached hydrogens (tertiary/aromatic N) is 3. The zero-order chi connectivity index (χ0) is 22.5. The number of anilines is 1. The SMILES string of the molecule is COc1nc(N2C3CCNCC2CC3)c2cc(Cl)c(-c3cccc4ccccc34)c(F)c2n1. The van der Waals surface area contributed by atoms with Crippen molar-refractivity contribution in [2.45, 2.75) is 31.3 Å². The van der Waals surface area contributed by atoms with Gasteiger partial charge in [0.2, 0.25) is 0 Å². The maximum Gasteiger partial charge on any atom is 0.318 e. The monoisotopic (exact) mass is 462 g/mol. The summed E-state index contributed by atoms with van der Waals surface area (Å²) in [4.78, 5) is 11.5. The molecule has 2 bridgehead atoms. The third kappa shape index (κ3) is 3.31. The molecule has 2 aliphatic rings. The van der Waals surface area contributed by atoms with Gasteiger partial charge >= 0.3 is 6.01 Å². The lowest BCUT2D eigenvalue weighted by molar-refractivity contribution is 0.381. The van der Waals surface area contributed by atoms with E-state index in [9.17, 15) is 0 Å². The summed E-state index contributed by atoms with van der Waals surface area (Å²) in [5.74, 6) is 0.259. The average Bonchev–Trinajstić information content (AvgIpc) is 3.11. The van der Waals surface area contributed by atoms with Crippen LogP contribution in [-0.2, 0) is 0 Å². The molecule has 0 saturated carbocycles. The summed E-state index contributed by atoms with van der Waals surface area (Å²) >= 11 is 6.79. The Labute approximate surface area is 196 Å². The first-order chi connectivity index (χ1) is 16.2. The maximum absolute atomic E-state index is 16.2. The first-order valence-electron chi connectivity index (χ1n) is 11.4. The molecule has 33 heavy (non-hydrogen) atoms. The summed E-state index contributed by atoms with van der Waals surface area (Å²) in [7, 11) is 1.52. The van der Waals surface area contributed by atoms with Crippen LogP contribution in [0.5, 0.6) is 6.01 Å². The Morgan fingerprint density at radius 2 is 1.85 bits per heavy atom. The highest BCUT2D eigenvalue weighted by atomic mass is 35.5. The maximum atomic E-state index is 16.2. The number of benzene rings is 3. The van der Waals surface area contributed by atoms with E-state index in [0.29, 0.717) is 33.9 Å². The molecule has 3 heterocycles. The Balaban J connectivity index is 1.62. The first kappa shape index (κ1) is 20.6. The van der Waals surface area contributed by atoms with Crippen LogP contribution in [0.2, 0.25) is 5.02 Å². The number of hydrogen-bond acceptors (Lipinski definition) is 5. The van der Waals surface area contributed by atoms with Crippen molar-refractivity contribution in [2.24, 2.45) is 0 Å². The van der Waals surface area contributed by atoms with Crippen LogP contribution in [-0.4, -0.2) is 42.3 Å². The summed E-state index contributed by atoms with van der Waals surface area (Å²) in [6.45, 7) is 1.85. The second-order valence-electron chi connectivity index (χ2n) is 8.79. The van der Waals surface area contributed by atoms with Crippen molar-refractivity contribution in [3.63, 3.8) is 0 Å². The van der Waals surface area contributed by atoms with E-state index in [1.807, 2.05) is 48.5 Å². The molecule has 3 aromatic carbocycles. The van der Waals surface area contributed by atoms with E-state index >= 15 is 4.39 Å². The molecule has 5 nitrogen and oxygen atoms in total. The van der Waals surface area contributed by atoms with Crippen LogP contribution in [0.25, 0.3) is 32.8 Å². The molecule has 0 spiro atoms. The van der Waals surface area contributed by atoms with E-state index in [-0.39, 0.29) is 11.5 Å². The molecule has 6 rings (SSSR count). The highest BCUT2D eigenvalue weighted by Gasteiger charge is 2.37. The zero-order valence-corrected chi connectivity index (χ0v) is 19.1. The Bertz CT molecular complexity index is 1360. The van der Waals surface area contributed by atoms with Gasteiger partial charge in [0.05, 0.1) is 12.1 Å². The lowest BCUT2D eigenvalue weighted by Gasteiger charge is -2.30. The largest absolute Gasteiger partial charge is 0.467 e. The van der Waals surface area contributed by atoms with Crippen molar-refractivity contribution in [1.82, 2.24) is 15.3 Å². The van der Waals surface area contributed by atoms with E-state index < -0.39 is 5.82 Å². The molecule has 2 aliphatic heterocycles. The Morgan fingerprint density at radius 3 is 2.73 bits per heavy atom. The number of methoxy groups -OCH3 is 1. The van der Waals surface area contributed by atoms with E-state index in [1.54, 1.807) is 0 Å². The highest BCUT2D eigenvalue weighted by molar-refractivity contribution is 6.35. The van der Waals surface area contributed by atoms with Crippen LogP contribution in [0.3, 0.4) is 0 Å². The molecule has 1 aromatic heterocycles. The smallest absolute Gasteiger partial charge is 0.318 e. The van der Waals surface area contributed by atoms with Crippen LogP contribution in [0.4, 0.5) is 10.2 Å². The number of rotatable bonds is 3. The van der Waals surface area contributed by atoms with Crippen molar-refractivity contribution in [2.75, 3.05) is 25.1 Å². The van der Waals surface area contributed by atoms with Gasteiger partial charge in [-0.05, 0) is 48.2 Å². The minimum absolute atomic E-state index is 0.166. The average molecular weight is 463 g/mol. The number of nitrogens with one attached hydrogen (secondary N) is 1. The minimum atomic E-state index is -0.448. The normalized spacial score (nSPS) is 20.4. The molecule has 2 atom stereocenters. The van der Waals surface area contributed by atoms with Crippen LogP contribution in [0.15, 0.2) is 48.5 Å². The topological polar surface area (TPSA) is 50.3 Å². The van der Waals surface area contributed by atoms with Gasteiger partial charge in [-0.25, -0.2) is 4.39 Å². The van der Waals surface area contributed by atoms with Crippen LogP contribution < -0.4 is 15.0 Å². The molecule has 1 N–H and O–H groups in total. The summed E-state index contributed by atoms with van der Waals surface area (Å²) in [6, 6.07) is 16.4.